The Kier molecular flexibility index (Phi) is 7.01. The van der Waals surface area contributed by atoms with Gasteiger partial charge in [0, 0.05) is 20.2 Å². The van der Waals surface area contributed by atoms with Gasteiger partial charge in [-0.25, -0.2) is 4.98 Å². The molecule has 2 aliphatic heterocycles. The summed E-state index contributed by atoms with van der Waals surface area (Å²) in [7, 11) is -2.71. The average molecular weight is 494 g/mol. The second kappa shape index (κ2) is 9.45. The average Bonchev–Trinajstić information content (AvgIpc) is 3.28. The lowest BCUT2D eigenvalue weighted by Crippen LogP contribution is -2.39. The van der Waals surface area contributed by atoms with Crippen molar-refractivity contribution in [3.05, 3.63) is 11.6 Å². The molecule has 0 spiro atoms. The summed E-state index contributed by atoms with van der Waals surface area (Å²) >= 11 is 6.19. The first-order valence-electron chi connectivity index (χ1n) is 9.99. The van der Waals surface area contributed by atoms with Crippen LogP contribution in [0.1, 0.15) is 19.1 Å². The zero-order chi connectivity index (χ0) is 23.0. The van der Waals surface area contributed by atoms with Crippen molar-refractivity contribution in [2.45, 2.75) is 43.5 Å². The zero-order valence-electron chi connectivity index (χ0n) is 17.2. The summed E-state index contributed by atoms with van der Waals surface area (Å²) in [4.78, 5) is 32.8. The van der Waals surface area contributed by atoms with Crippen LogP contribution >= 0.6 is 19.2 Å². The van der Waals surface area contributed by atoms with E-state index in [1.165, 1.54) is 10.9 Å². The molecule has 0 aliphatic carbocycles. The summed E-state index contributed by atoms with van der Waals surface area (Å²) in [5.41, 5.74) is 0.769. The number of imidazole rings is 1. The molecule has 0 saturated carbocycles. The van der Waals surface area contributed by atoms with Crippen LogP contribution in [0, 0.1) is 0 Å². The van der Waals surface area contributed by atoms with Crippen molar-refractivity contribution in [1.29, 1.82) is 0 Å². The van der Waals surface area contributed by atoms with E-state index in [2.05, 4.69) is 15.0 Å². The van der Waals surface area contributed by atoms with Gasteiger partial charge in [-0.15, -0.1) is 0 Å². The van der Waals surface area contributed by atoms with E-state index in [4.69, 9.17) is 35.6 Å². The van der Waals surface area contributed by atoms with Gasteiger partial charge in [-0.1, -0.05) is 0 Å². The SMILES string of the molecule is COC1CCCN(c2nc(Cl)nc3c2ncn3C2O[C@H](COCP(=O)(O)O)[C@@H](O)[C@H]2O)C1. The molecular weight excluding hydrogens is 469 g/mol. The number of aliphatic hydroxyl groups is 2. The largest absolute Gasteiger partial charge is 0.387 e. The molecule has 0 bridgehead atoms. The third-order valence-corrected chi connectivity index (χ3v) is 6.23. The van der Waals surface area contributed by atoms with Gasteiger partial charge in [-0.3, -0.25) is 9.13 Å². The van der Waals surface area contributed by atoms with Crippen LogP contribution in [-0.2, 0) is 18.8 Å². The molecule has 2 unspecified atom stereocenters. The van der Waals surface area contributed by atoms with Gasteiger partial charge < -0.3 is 39.1 Å². The minimum absolute atomic E-state index is 0.0108. The van der Waals surface area contributed by atoms with E-state index < -0.39 is 38.5 Å². The third-order valence-electron chi connectivity index (χ3n) is 5.54. The zero-order valence-corrected chi connectivity index (χ0v) is 18.8. The van der Waals surface area contributed by atoms with Gasteiger partial charge in [-0.2, -0.15) is 9.97 Å². The summed E-state index contributed by atoms with van der Waals surface area (Å²) < 4.78 is 28.5. The van der Waals surface area contributed by atoms with Crippen LogP contribution in [0.5, 0.6) is 0 Å². The normalized spacial score (nSPS) is 29.2. The molecule has 0 aromatic carbocycles. The molecule has 2 aromatic heterocycles. The molecule has 178 valence electrons. The number of aliphatic hydroxyl groups excluding tert-OH is 2. The molecule has 32 heavy (non-hydrogen) atoms. The van der Waals surface area contributed by atoms with Crippen LogP contribution in [0.4, 0.5) is 5.82 Å². The number of hydrogen-bond donors (Lipinski definition) is 4. The summed E-state index contributed by atoms with van der Waals surface area (Å²) in [6, 6.07) is 0. The van der Waals surface area contributed by atoms with Crippen LogP contribution in [-0.4, -0.2) is 97.1 Å². The highest BCUT2D eigenvalue weighted by atomic mass is 35.5. The number of hydrogen-bond acceptors (Lipinski definition) is 10. The number of methoxy groups -OCH3 is 1. The lowest BCUT2D eigenvalue weighted by Gasteiger charge is -2.32. The molecule has 2 aliphatic rings. The lowest BCUT2D eigenvalue weighted by molar-refractivity contribution is -0.0612. The van der Waals surface area contributed by atoms with Crippen molar-refractivity contribution in [1.82, 2.24) is 19.5 Å². The molecule has 4 heterocycles. The minimum atomic E-state index is -4.37. The van der Waals surface area contributed by atoms with Gasteiger partial charge in [0.15, 0.2) is 23.2 Å². The quantitative estimate of drug-likeness (QED) is 0.297. The molecule has 2 saturated heterocycles. The molecule has 4 N–H and O–H groups in total. The van der Waals surface area contributed by atoms with Crippen LogP contribution < -0.4 is 4.90 Å². The lowest BCUT2D eigenvalue weighted by atomic mass is 10.1. The molecule has 13 nitrogen and oxygen atoms in total. The molecule has 4 rings (SSSR count). The standard InChI is InChI=1S/C17H25ClN5O8P/c1-29-9-3-2-4-22(5-9)14-11-15(21-17(18)20-14)23(7-19-11)16-13(25)12(24)10(31-16)6-30-8-32(26,27)28/h7,9-10,12-13,16,24-25H,2-6,8H2,1H3,(H2,26,27,28)/t9?,10-,12-,13-,16?/m1/s1. The van der Waals surface area contributed by atoms with E-state index in [0.29, 0.717) is 23.5 Å². The maximum atomic E-state index is 10.9. The van der Waals surface area contributed by atoms with Gasteiger partial charge >= 0.3 is 7.60 Å². The molecule has 2 fully saturated rings. The summed E-state index contributed by atoms with van der Waals surface area (Å²) in [5.74, 6) is 0.537. The van der Waals surface area contributed by atoms with Gasteiger partial charge in [-0.05, 0) is 24.4 Å². The molecule has 5 atom stereocenters. The number of anilines is 1. The first kappa shape index (κ1) is 23.7. The number of fused-ring (bicyclic) bond motifs is 1. The Bertz CT molecular complexity index is 1000. The fraction of sp³-hybridized carbons (Fsp3) is 0.706. The molecule has 0 amide bonds. The van der Waals surface area contributed by atoms with Crippen molar-refractivity contribution < 1.29 is 38.8 Å². The topological polar surface area (TPSA) is 173 Å². The number of rotatable bonds is 7. The van der Waals surface area contributed by atoms with Gasteiger partial charge in [0.05, 0.1) is 19.0 Å². The van der Waals surface area contributed by atoms with E-state index in [-0.39, 0.29) is 18.0 Å². The van der Waals surface area contributed by atoms with E-state index >= 15 is 0 Å². The van der Waals surface area contributed by atoms with Crippen LogP contribution in [0.3, 0.4) is 0 Å². The van der Waals surface area contributed by atoms with Gasteiger partial charge in [0.2, 0.25) is 5.28 Å². The Morgan fingerprint density at radius 2 is 2.09 bits per heavy atom. The number of aromatic nitrogens is 4. The van der Waals surface area contributed by atoms with E-state index in [1.807, 2.05) is 4.90 Å². The minimum Gasteiger partial charge on any atom is -0.387 e. The first-order valence-corrected chi connectivity index (χ1v) is 12.2. The predicted molar refractivity (Wildman–Crippen MR) is 111 cm³/mol. The Labute approximate surface area is 188 Å². The summed E-state index contributed by atoms with van der Waals surface area (Å²) in [6.07, 6.45) is -2.29. The fourth-order valence-electron chi connectivity index (χ4n) is 3.99. The first-order chi connectivity index (χ1) is 15.2. The molecular formula is C17H25ClN5O8P. The maximum absolute atomic E-state index is 10.9. The summed E-state index contributed by atoms with van der Waals surface area (Å²) in [6.45, 7) is 1.04. The highest BCUT2D eigenvalue weighted by molar-refractivity contribution is 7.51. The van der Waals surface area contributed by atoms with Gasteiger partial charge in [0.1, 0.15) is 24.7 Å². The fourth-order valence-corrected chi connectivity index (χ4v) is 4.49. The number of piperidine rings is 1. The maximum Gasteiger partial charge on any atom is 0.350 e. The number of halogens is 1. The number of nitrogens with zero attached hydrogens (tertiary/aromatic N) is 5. The van der Waals surface area contributed by atoms with Crippen LogP contribution in [0.2, 0.25) is 5.28 Å². The van der Waals surface area contributed by atoms with Crippen molar-refractivity contribution in [2.24, 2.45) is 0 Å². The highest BCUT2D eigenvalue weighted by Crippen LogP contribution is 2.36. The Morgan fingerprint density at radius 1 is 1.31 bits per heavy atom. The predicted octanol–water partition coefficient (Wildman–Crippen LogP) is -0.134. The van der Waals surface area contributed by atoms with Crippen molar-refractivity contribution in [3.63, 3.8) is 0 Å². The molecule has 0 radical (unpaired) electrons. The van der Waals surface area contributed by atoms with Crippen molar-refractivity contribution in [2.75, 3.05) is 38.1 Å². The third kappa shape index (κ3) is 4.91. The van der Waals surface area contributed by atoms with Crippen LogP contribution in [0.15, 0.2) is 6.33 Å². The van der Waals surface area contributed by atoms with Gasteiger partial charge in [0.25, 0.3) is 0 Å². The molecule has 2 aromatic rings. The Hall–Kier alpha value is -1.41. The second-order valence-corrected chi connectivity index (χ2v) is 9.72. The summed E-state index contributed by atoms with van der Waals surface area (Å²) in [5, 5.41) is 20.9. The molecule has 15 heteroatoms. The highest BCUT2D eigenvalue weighted by Gasteiger charge is 2.44. The smallest absolute Gasteiger partial charge is 0.350 e. The van der Waals surface area contributed by atoms with E-state index in [1.54, 1.807) is 7.11 Å². The Balaban J connectivity index is 1.58. The number of ether oxygens (including phenoxy) is 3. The Morgan fingerprint density at radius 3 is 2.81 bits per heavy atom. The van der Waals surface area contributed by atoms with Crippen molar-refractivity contribution in [3.8, 4) is 0 Å². The second-order valence-electron chi connectivity index (χ2n) is 7.80. The van der Waals surface area contributed by atoms with E-state index in [9.17, 15) is 14.8 Å². The van der Waals surface area contributed by atoms with E-state index in [0.717, 1.165) is 19.4 Å². The monoisotopic (exact) mass is 493 g/mol. The van der Waals surface area contributed by atoms with Crippen LogP contribution in [0.25, 0.3) is 11.2 Å². The van der Waals surface area contributed by atoms with Crippen molar-refractivity contribution >= 4 is 36.2 Å².